The molecule has 0 amide bonds. The van der Waals surface area contributed by atoms with E-state index in [2.05, 4.69) is 0 Å². The Kier molecular flexibility index (Phi) is 3.57. The highest BCUT2D eigenvalue weighted by molar-refractivity contribution is 5.46. The monoisotopic (exact) mass is 243 g/mol. The van der Waals surface area contributed by atoms with Crippen LogP contribution >= 0.6 is 0 Å². The van der Waals surface area contributed by atoms with Gasteiger partial charge in [0.05, 0.1) is 17.4 Å². The largest absolute Gasteiger partial charge is 0.462 e. The van der Waals surface area contributed by atoms with E-state index in [9.17, 15) is 10.1 Å². The van der Waals surface area contributed by atoms with Crippen LogP contribution in [0.1, 0.15) is 17.1 Å². The van der Waals surface area contributed by atoms with Gasteiger partial charge in [-0.1, -0.05) is 30.3 Å². The van der Waals surface area contributed by atoms with Gasteiger partial charge in [-0.15, -0.1) is 0 Å². The summed E-state index contributed by atoms with van der Waals surface area (Å²) in [6.45, 7) is 1.81. The smallest absolute Gasteiger partial charge is 0.254 e. The molecule has 0 unspecified atom stereocenters. The molecular formula is C14H13NO3. The zero-order valence-electron chi connectivity index (χ0n) is 10.00. The Morgan fingerprint density at radius 1 is 1.28 bits per heavy atom. The summed E-state index contributed by atoms with van der Waals surface area (Å²) >= 11 is 0. The summed E-state index contributed by atoms with van der Waals surface area (Å²) < 4.78 is 5.32. The summed E-state index contributed by atoms with van der Waals surface area (Å²) in [5.41, 5.74) is 1.03. The summed E-state index contributed by atoms with van der Waals surface area (Å²) in [4.78, 5) is 10.6. The lowest BCUT2D eigenvalue weighted by Gasteiger charge is -1.98. The zero-order valence-corrected chi connectivity index (χ0v) is 10.00. The fourth-order valence-corrected chi connectivity index (χ4v) is 1.67. The van der Waals surface area contributed by atoms with Crippen LogP contribution in [0, 0.1) is 17.0 Å². The molecule has 0 spiro atoms. The zero-order chi connectivity index (χ0) is 13.0. The molecule has 0 saturated heterocycles. The van der Waals surface area contributed by atoms with Gasteiger partial charge in [0.25, 0.3) is 5.70 Å². The first-order valence-electron chi connectivity index (χ1n) is 5.60. The lowest BCUT2D eigenvalue weighted by atomic mass is 10.1. The highest BCUT2D eigenvalue weighted by atomic mass is 16.6. The minimum Gasteiger partial charge on any atom is -0.462 e. The molecule has 0 atom stereocenters. The van der Waals surface area contributed by atoms with Gasteiger partial charge in [0, 0.05) is 0 Å². The first-order chi connectivity index (χ1) is 8.65. The van der Waals surface area contributed by atoms with Gasteiger partial charge in [-0.05, 0) is 24.6 Å². The van der Waals surface area contributed by atoms with Crippen molar-refractivity contribution in [1.82, 2.24) is 0 Å². The molecule has 4 nitrogen and oxygen atoms in total. The highest BCUT2D eigenvalue weighted by Gasteiger charge is 2.12. The fourth-order valence-electron chi connectivity index (χ4n) is 1.67. The van der Waals surface area contributed by atoms with E-state index in [1.807, 2.05) is 30.3 Å². The topological polar surface area (TPSA) is 56.3 Å². The van der Waals surface area contributed by atoms with E-state index in [1.165, 1.54) is 6.08 Å². The van der Waals surface area contributed by atoms with Crippen LogP contribution in [0.15, 0.2) is 52.6 Å². The average Bonchev–Trinajstić information content (AvgIpc) is 2.75. The van der Waals surface area contributed by atoms with E-state index in [0.29, 0.717) is 5.76 Å². The van der Waals surface area contributed by atoms with E-state index in [0.717, 1.165) is 11.3 Å². The molecule has 4 heteroatoms. The molecule has 0 bridgehead atoms. The van der Waals surface area contributed by atoms with Crippen molar-refractivity contribution in [1.29, 1.82) is 0 Å². The van der Waals surface area contributed by atoms with Gasteiger partial charge in [0.2, 0.25) is 0 Å². The predicted molar refractivity (Wildman–Crippen MR) is 68.6 cm³/mol. The fraction of sp³-hybridized carbons (Fsp3) is 0.143. The predicted octanol–water partition coefficient (Wildman–Crippen LogP) is 3.45. The first kappa shape index (κ1) is 12.1. The second-order valence-corrected chi connectivity index (χ2v) is 4.00. The maximum atomic E-state index is 11.0. The van der Waals surface area contributed by atoms with Crippen molar-refractivity contribution in [3.05, 3.63) is 75.4 Å². The molecule has 0 radical (unpaired) electrons. The van der Waals surface area contributed by atoms with Crippen LogP contribution in [0.3, 0.4) is 0 Å². The standard InChI is InChI=1S/C14H13NO3/c1-11-7-8-14(18-11)10-13(15(16)17)9-12-5-3-2-4-6-12/h2-8,10H,9H2,1H3/b13-10-. The maximum absolute atomic E-state index is 11.0. The van der Waals surface area contributed by atoms with Crippen molar-refractivity contribution in [3.63, 3.8) is 0 Å². The van der Waals surface area contributed by atoms with Crippen LogP contribution in [0.25, 0.3) is 6.08 Å². The van der Waals surface area contributed by atoms with E-state index >= 15 is 0 Å². The van der Waals surface area contributed by atoms with Crippen molar-refractivity contribution in [2.45, 2.75) is 13.3 Å². The van der Waals surface area contributed by atoms with Gasteiger partial charge >= 0.3 is 0 Å². The number of hydrogen-bond acceptors (Lipinski definition) is 3. The van der Waals surface area contributed by atoms with Gasteiger partial charge in [0.1, 0.15) is 11.5 Å². The third-order valence-electron chi connectivity index (χ3n) is 2.53. The second-order valence-electron chi connectivity index (χ2n) is 4.00. The van der Waals surface area contributed by atoms with E-state index in [1.54, 1.807) is 19.1 Å². The van der Waals surface area contributed by atoms with Crippen molar-refractivity contribution in [3.8, 4) is 0 Å². The Hall–Kier alpha value is -2.36. The SMILES string of the molecule is Cc1ccc(/C=C(/Cc2ccccc2)[N+](=O)[O-])o1. The second kappa shape index (κ2) is 5.31. The summed E-state index contributed by atoms with van der Waals surface area (Å²) in [6, 6.07) is 12.9. The third-order valence-corrected chi connectivity index (χ3v) is 2.53. The van der Waals surface area contributed by atoms with E-state index in [-0.39, 0.29) is 17.0 Å². The summed E-state index contributed by atoms with van der Waals surface area (Å²) in [5, 5.41) is 11.0. The normalized spacial score (nSPS) is 11.5. The molecule has 0 aliphatic heterocycles. The third kappa shape index (κ3) is 3.07. The molecule has 1 aromatic heterocycles. The van der Waals surface area contributed by atoms with Crippen LogP contribution in [0.2, 0.25) is 0 Å². The van der Waals surface area contributed by atoms with Crippen LogP contribution in [-0.2, 0) is 6.42 Å². The van der Waals surface area contributed by atoms with Gasteiger partial charge in [-0.25, -0.2) is 0 Å². The van der Waals surface area contributed by atoms with Crippen molar-refractivity contribution >= 4 is 6.08 Å². The number of furan rings is 1. The number of benzene rings is 1. The van der Waals surface area contributed by atoms with Crippen molar-refractivity contribution in [2.75, 3.05) is 0 Å². The molecule has 0 saturated carbocycles. The highest BCUT2D eigenvalue weighted by Crippen LogP contribution is 2.15. The Balaban J connectivity index is 2.24. The molecule has 0 N–H and O–H groups in total. The lowest BCUT2D eigenvalue weighted by Crippen LogP contribution is -2.02. The summed E-state index contributed by atoms with van der Waals surface area (Å²) in [5.74, 6) is 1.25. The van der Waals surface area contributed by atoms with Crippen LogP contribution in [-0.4, -0.2) is 4.92 Å². The van der Waals surface area contributed by atoms with Crippen LogP contribution in [0.4, 0.5) is 0 Å². The van der Waals surface area contributed by atoms with Gasteiger partial charge < -0.3 is 4.42 Å². The molecule has 0 aliphatic carbocycles. The van der Waals surface area contributed by atoms with Crippen molar-refractivity contribution < 1.29 is 9.34 Å². The first-order valence-corrected chi connectivity index (χ1v) is 5.60. The Morgan fingerprint density at radius 2 is 2.00 bits per heavy atom. The molecule has 92 valence electrons. The summed E-state index contributed by atoms with van der Waals surface area (Å²) in [6.07, 6.45) is 1.76. The number of nitrogens with zero attached hydrogens (tertiary/aromatic N) is 1. The number of nitro groups is 1. The molecule has 0 aliphatic rings. The van der Waals surface area contributed by atoms with E-state index < -0.39 is 0 Å². The molecule has 2 rings (SSSR count). The average molecular weight is 243 g/mol. The van der Waals surface area contributed by atoms with E-state index in [4.69, 9.17) is 4.42 Å². The number of rotatable bonds is 4. The number of aryl methyl sites for hydroxylation is 1. The summed E-state index contributed by atoms with van der Waals surface area (Å²) in [7, 11) is 0. The van der Waals surface area contributed by atoms with Gasteiger partial charge in [-0.2, -0.15) is 0 Å². The van der Waals surface area contributed by atoms with Gasteiger partial charge in [-0.3, -0.25) is 10.1 Å². The Labute approximate surface area is 105 Å². The minimum atomic E-state index is -0.370. The molecule has 18 heavy (non-hydrogen) atoms. The quantitative estimate of drug-likeness (QED) is 0.610. The Morgan fingerprint density at radius 3 is 2.56 bits per heavy atom. The minimum absolute atomic E-state index is 0.121. The van der Waals surface area contributed by atoms with Gasteiger partial charge in [0.15, 0.2) is 0 Å². The maximum Gasteiger partial charge on any atom is 0.254 e. The number of allylic oxidation sites excluding steroid dienone is 1. The number of hydrogen-bond donors (Lipinski definition) is 0. The van der Waals surface area contributed by atoms with Crippen molar-refractivity contribution in [2.24, 2.45) is 0 Å². The van der Waals surface area contributed by atoms with Crippen LogP contribution in [0.5, 0.6) is 0 Å². The Bertz CT molecular complexity index is 570. The lowest BCUT2D eigenvalue weighted by molar-refractivity contribution is -0.425. The molecule has 1 heterocycles. The molecule has 2 aromatic rings. The molecule has 1 aromatic carbocycles. The molecular weight excluding hydrogens is 230 g/mol. The molecule has 0 fully saturated rings. The van der Waals surface area contributed by atoms with Crippen LogP contribution < -0.4 is 0 Å².